The second kappa shape index (κ2) is 4.68. The Bertz CT molecular complexity index is 669. The molecule has 2 aromatic rings. The van der Waals surface area contributed by atoms with E-state index in [1.807, 2.05) is 0 Å². The summed E-state index contributed by atoms with van der Waals surface area (Å²) >= 11 is 0. The fraction of sp³-hybridized carbons (Fsp3) is 0.250. The van der Waals surface area contributed by atoms with Gasteiger partial charge in [-0.1, -0.05) is 0 Å². The lowest BCUT2D eigenvalue weighted by Crippen LogP contribution is -2.13. The van der Waals surface area contributed by atoms with E-state index < -0.39 is 23.7 Å². The monoisotopic (exact) mass is 309 g/mol. The van der Waals surface area contributed by atoms with Crippen molar-refractivity contribution in [1.29, 1.82) is 0 Å². The number of rotatable bonds is 1. The van der Waals surface area contributed by atoms with E-state index in [2.05, 4.69) is 5.10 Å². The van der Waals surface area contributed by atoms with E-state index in [9.17, 15) is 26.3 Å². The third-order valence-corrected chi connectivity index (χ3v) is 2.79. The molecule has 1 heterocycles. The molecule has 0 radical (unpaired) electrons. The third-order valence-electron chi connectivity index (χ3n) is 2.79. The number of hydrogen-bond acceptors (Lipinski definition) is 2. The van der Waals surface area contributed by atoms with E-state index in [4.69, 9.17) is 5.73 Å². The highest BCUT2D eigenvalue weighted by Crippen LogP contribution is 2.36. The zero-order valence-electron chi connectivity index (χ0n) is 10.5. The minimum Gasteiger partial charge on any atom is -0.399 e. The summed E-state index contributed by atoms with van der Waals surface area (Å²) in [5.41, 5.74) is 3.03. The molecule has 3 nitrogen and oxygen atoms in total. The zero-order chi connectivity index (χ0) is 16.0. The molecule has 0 saturated carbocycles. The number of benzene rings is 1. The number of halogens is 6. The van der Waals surface area contributed by atoms with Crippen LogP contribution in [0.2, 0.25) is 0 Å². The van der Waals surface area contributed by atoms with Gasteiger partial charge in [-0.15, -0.1) is 0 Å². The Kier molecular flexibility index (Phi) is 3.38. The summed E-state index contributed by atoms with van der Waals surface area (Å²) < 4.78 is 76.5. The van der Waals surface area contributed by atoms with E-state index in [1.54, 1.807) is 0 Å². The first-order valence-electron chi connectivity index (χ1n) is 5.61. The van der Waals surface area contributed by atoms with Crippen molar-refractivity contribution < 1.29 is 26.3 Å². The SMILES string of the molecule is Cc1cc(-n2nc(C(F)(F)F)cc2C(F)(F)F)ccc1N. The largest absolute Gasteiger partial charge is 0.435 e. The maximum Gasteiger partial charge on any atom is 0.435 e. The first-order chi connectivity index (χ1) is 9.50. The van der Waals surface area contributed by atoms with Gasteiger partial charge in [-0.05, 0) is 30.7 Å². The maximum atomic E-state index is 12.9. The normalized spacial score (nSPS) is 12.7. The number of anilines is 1. The molecule has 0 atom stereocenters. The van der Waals surface area contributed by atoms with Gasteiger partial charge in [-0.3, -0.25) is 0 Å². The second-order valence-electron chi connectivity index (χ2n) is 4.36. The van der Waals surface area contributed by atoms with Gasteiger partial charge in [0.15, 0.2) is 5.69 Å². The lowest BCUT2D eigenvalue weighted by molar-refractivity contribution is -0.143. The molecule has 21 heavy (non-hydrogen) atoms. The van der Waals surface area contributed by atoms with E-state index >= 15 is 0 Å². The van der Waals surface area contributed by atoms with Gasteiger partial charge in [0, 0.05) is 11.8 Å². The number of alkyl halides is 6. The first-order valence-corrected chi connectivity index (χ1v) is 5.61. The van der Waals surface area contributed by atoms with Crippen LogP contribution >= 0.6 is 0 Å². The molecule has 114 valence electrons. The molecule has 0 unspecified atom stereocenters. The molecule has 0 bridgehead atoms. The zero-order valence-corrected chi connectivity index (χ0v) is 10.5. The Labute approximate surface area is 115 Å². The van der Waals surface area contributed by atoms with Crippen molar-refractivity contribution in [3.63, 3.8) is 0 Å². The Morgan fingerprint density at radius 1 is 1.00 bits per heavy atom. The summed E-state index contributed by atoms with van der Waals surface area (Å²) in [6.45, 7) is 1.53. The van der Waals surface area contributed by atoms with Crippen molar-refractivity contribution in [3.8, 4) is 5.69 Å². The van der Waals surface area contributed by atoms with Gasteiger partial charge in [0.05, 0.1) is 5.69 Å². The molecule has 0 aliphatic rings. The molecule has 9 heteroatoms. The van der Waals surface area contributed by atoms with Crippen LogP contribution in [-0.4, -0.2) is 9.78 Å². The molecule has 2 rings (SSSR count). The predicted molar refractivity (Wildman–Crippen MR) is 62.7 cm³/mol. The van der Waals surface area contributed by atoms with Crippen LogP contribution in [0.3, 0.4) is 0 Å². The lowest BCUT2D eigenvalue weighted by atomic mass is 10.2. The average Bonchev–Trinajstić information content (AvgIpc) is 2.77. The summed E-state index contributed by atoms with van der Waals surface area (Å²) in [5.74, 6) is 0. The van der Waals surface area contributed by atoms with Crippen LogP contribution in [-0.2, 0) is 12.4 Å². The molecular formula is C12H9F6N3. The summed E-state index contributed by atoms with van der Waals surface area (Å²) in [6.07, 6.45) is -9.93. The number of nitrogen functional groups attached to an aromatic ring is 1. The van der Waals surface area contributed by atoms with Crippen molar-refractivity contribution in [2.75, 3.05) is 5.73 Å². The van der Waals surface area contributed by atoms with Crippen LogP contribution in [0.25, 0.3) is 5.69 Å². The van der Waals surface area contributed by atoms with Crippen molar-refractivity contribution in [1.82, 2.24) is 9.78 Å². The number of aromatic nitrogens is 2. The Hall–Kier alpha value is -2.19. The molecule has 0 aliphatic carbocycles. The van der Waals surface area contributed by atoms with Gasteiger partial charge in [0.1, 0.15) is 5.69 Å². The summed E-state index contributed by atoms with van der Waals surface area (Å²) in [5, 5.41) is 3.02. The van der Waals surface area contributed by atoms with Gasteiger partial charge in [-0.25, -0.2) is 4.68 Å². The highest BCUT2D eigenvalue weighted by molar-refractivity contribution is 5.52. The van der Waals surface area contributed by atoms with Crippen molar-refractivity contribution in [2.24, 2.45) is 0 Å². The Balaban J connectivity index is 2.66. The van der Waals surface area contributed by atoms with Crippen LogP contribution < -0.4 is 5.73 Å². The molecule has 1 aromatic heterocycles. The molecule has 2 N–H and O–H groups in total. The van der Waals surface area contributed by atoms with Crippen LogP contribution in [0, 0.1) is 6.92 Å². The van der Waals surface area contributed by atoms with Crippen LogP contribution in [0.4, 0.5) is 32.0 Å². The van der Waals surface area contributed by atoms with Crippen LogP contribution in [0.1, 0.15) is 17.0 Å². The van der Waals surface area contributed by atoms with Crippen LogP contribution in [0.15, 0.2) is 24.3 Å². The molecule has 0 spiro atoms. The predicted octanol–water partition coefficient (Wildman–Crippen LogP) is 3.80. The standard InChI is InChI=1S/C12H9F6N3/c1-6-4-7(2-3-8(6)19)21-10(12(16,17)18)5-9(20-21)11(13,14)15/h2-5H,19H2,1H3. The smallest absolute Gasteiger partial charge is 0.399 e. The summed E-state index contributed by atoms with van der Waals surface area (Å²) in [7, 11) is 0. The average molecular weight is 309 g/mol. The van der Waals surface area contributed by atoms with Crippen molar-refractivity contribution in [3.05, 3.63) is 41.2 Å². The third kappa shape index (κ3) is 2.96. The first kappa shape index (κ1) is 15.2. The van der Waals surface area contributed by atoms with E-state index in [0.29, 0.717) is 11.3 Å². The molecule has 0 amide bonds. The summed E-state index contributed by atoms with van der Waals surface area (Å²) in [6, 6.07) is 3.69. The Morgan fingerprint density at radius 3 is 2.10 bits per heavy atom. The molecule has 0 aliphatic heterocycles. The topological polar surface area (TPSA) is 43.8 Å². The second-order valence-corrected chi connectivity index (χ2v) is 4.36. The van der Waals surface area contributed by atoms with Crippen molar-refractivity contribution in [2.45, 2.75) is 19.3 Å². The van der Waals surface area contributed by atoms with Gasteiger partial charge in [-0.2, -0.15) is 31.4 Å². The molecular weight excluding hydrogens is 300 g/mol. The van der Waals surface area contributed by atoms with Gasteiger partial charge >= 0.3 is 12.4 Å². The summed E-state index contributed by atoms with van der Waals surface area (Å²) in [4.78, 5) is 0. The van der Waals surface area contributed by atoms with Crippen LogP contribution in [0.5, 0.6) is 0 Å². The van der Waals surface area contributed by atoms with Gasteiger partial charge in [0.25, 0.3) is 0 Å². The number of nitrogens with zero attached hydrogens (tertiary/aromatic N) is 2. The maximum absolute atomic E-state index is 12.9. The number of nitrogens with two attached hydrogens (primary N) is 1. The quantitative estimate of drug-likeness (QED) is 0.643. The van der Waals surface area contributed by atoms with E-state index in [0.717, 1.165) is 0 Å². The fourth-order valence-corrected chi connectivity index (χ4v) is 1.71. The van der Waals surface area contributed by atoms with E-state index in [1.165, 1.54) is 25.1 Å². The fourth-order valence-electron chi connectivity index (χ4n) is 1.71. The molecule has 0 saturated heterocycles. The van der Waals surface area contributed by atoms with Gasteiger partial charge < -0.3 is 5.73 Å². The van der Waals surface area contributed by atoms with Crippen molar-refractivity contribution >= 4 is 5.69 Å². The van der Waals surface area contributed by atoms with Gasteiger partial charge in [0.2, 0.25) is 0 Å². The van der Waals surface area contributed by atoms with E-state index in [-0.39, 0.29) is 16.4 Å². The number of aryl methyl sites for hydroxylation is 1. The number of hydrogen-bond donors (Lipinski definition) is 1. The highest BCUT2D eigenvalue weighted by Gasteiger charge is 2.42. The minimum atomic E-state index is -4.97. The minimum absolute atomic E-state index is 0.0221. The lowest BCUT2D eigenvalue weighted by Gasteiger charge is -2.11. The molecule has 0 fully saturated rings. The molecule has 1 aromatic carbocycles. The Morgan fingerprint density at radius 2 is 1.62 bits per heavy atom. The highest BCUT2D eigenvalue weighted by atomic mass is 19.4.